The molecule has 0 aliphatic heterocycles. The highest BCUT2D eigenvalue weighted by Crippen LogP contribution is 2.31. The van der Waals surface area contributed by atoms with Gasteiger partial charge >= 0.3 is 0 Å². The van der Waals surface area contributed by atoms with Gasteiger partial charge in [0.05, 0.1) is 5.70 Å². The maximum atomic E-state index is 5.54. The van der Waals surface area contributed by atoms with Gasteiger partial charge in [0.25, 0.3) is 0 Å². The molecule has 0 atom stereocenters. The van der Waals surface area contributed by atoms with Crippen LogP contribution in [0.5, 0.6) is 0 Å². The molecule has 0 aromatic rings. The second-order valence-corrected chi connectivity index (χ2v) is 6.21. The molecule has 0 unspecified atom stereocenters. The Labute approximate surface area is 155 Å². The molecule has 140 valence electrons. The average molecular weight is 344 g/mol. The van der Waals surface area contributed by atoms with E-state index in [4.69, 9.17) is 10.7 Å². The molecule has 1 aliphatic rings. The van der Waals surface area contributed by atoms with Gasteiger partial charge in [0, 0.05) is 30.3 Å². The van der Waals surface area contributed by atoms with E-state index in [0.29, 0.717) is 5.92 Å². The zero-order valence-electron chi connectivity index (χ0n) is 16.3. The SMILES string of the molecule is C=C=C(CCC(/C=C\N)=NC(=C)C1CCCC1)NCCC.C=CCC. The smallest absolute Gasteiger partial charge is 0.0535 e. The molecule has 1 aliphatic carbocycles. The first-order valence-electron chi connectivity index (χ1n) is 9.51. The van der Waals surface area contributed by atoms with Crippen molar-refractivity contribution in [1.29, 1.82) is 0 Å². The summed E-state index contributed by atoms with van der Waals surface area (Å²) >= 11 is 0. The number of rotatable bonds is 10. The molecule has 0 heterocycles. The molecule has 0 aromatic carbocycles. The van der Waals surface area contributed by atoms with Gasteiger partial charge in [-0.1, -0.05) is 45.9 Å². The van der Waals surface area contributed by atoms with Crippen molar-refractivity contribution in [3.05, 3.63) is 55.2 Å². The molecule has 0 amide bonds. The summed E-state index contributed by atoms with van der Waals surface area (Å²) < 4.78 is 0. The lowest BCUT2D eigenvalue weighted by Gasteiger charge is -2.11. The largest absolute Gasteiger partial charge is 0.405 e. The summed E-state index contributed by atoms with van der Waals surface area (Å²) in [5, 5.41) is 3.34. The summed E-state index contributed by atoms with van der Waals surface area (Å²) in [6.45, 7) is 16.5. The highest BCUT2D eigenvalue weighted by atomic mass is 14.9. The molecule has 0 spiro atoms. The summed E-state index contributed by atoms with van der Waals surface area (Å²) in [4.78, 5) is 4.70. The first kappa shape index (κ1) is 23.0. The van der Waals surface area contributed by atoms with E-state index < -0.39 is 0 Å². The fourth-order valence-corrected chi connectivity index (χ4v) is 2.59. The van der Waals surface area contributed by atoms with Crippen LogP contribution in [0.15, 0.2) is 60.2 Å². The predicted octanol–water partition coefficient (Wildman–Crippen LogP) is 5.63. The zero-order chi connectivity index (χ0) is 18.9. The van der Waals surface area contributed by atoms with E-state index in [-0.39, 0.29) is 0 Å². The van der Waals surface area contributed by atoms with Gasteiger partial charge in [-0.2, -0.15) is 0 Å². The molecule has 3 heteroatoms. The van der Waals surface area contributed by atoms with Gasteiger partial charge in [0.2, 0.25) is 0 Å². The second kappa shape index (κ2) is 15.5. The predicted molar refractivity (Wildman–Crippen MR) is 113 cm³/mol. The van der Waals surface area contributed by atoms with Crippen LogP contribution in [0.25, 0.3) is 0 Å². The molecule has 3 N–H and O–H groups in total. The van der Waals surface area contributed by atoms with Crippen molar-refractivity contribution in [3.8, 4) is 0 Å². The molecular formula is C22H37N3. The van der Waals surface area contributed by atoms with Gasteiger partial charge < -0.3 is 11.1 Å². The van der Waals surface area contributed by atoms with Crippen LogP contribution >= 0.6 is 0 Å². The van der Waals surface area contributed by atoms with Crippen LogP contribution in [-0.2, 0) is 0 Å². The monoisotopic (exact) mass is 343 g/mol. The molecule has 3 nitrogen and oxygen atoms in total. The van der Waals surface area contributed by atoms with Gasteiger partial charge in [-0.3, -0.25) is 4.99 Å². The Morgan fingerprint density at radius 1 is 1.28 bits per heavy atom. The molecule has 0 aromatic heterocycles. The maximum Gasteiger partial charge on any atom is 0.0535 e. The minimum absolute atomic E-state index is 0.554. The molecular weight excluding hydrogens is 306 g/mol. The van der Waals surface area contributed by atoms with E-state index in [9.17, 15) is 0 Å². The minimum Gasteiger partial charge on any atom is -0.405 e. The number of nitrogens with zero attached hydrogens (tertiary/aromatic N) is 1. The van der Waals surface area contributed by atoms with Gasteiger partial charge in [-0.15, -0.1) is 12.3 Å². The normalized spacial score (nSPS) is 14.6. The molecule has 25 heavy (non-hydrogen) atoms. The lowest BCUT2D eigenvalue weighted by Crippen LogP contribution is -2.14. The van der Waals surface area contributed by atoms with Gasteiger partial charge in [-0.25, -0.2) is 0 Å². The molecule has 0 radical (unpaired) electrons. The number of allylic oxidation sites excluding steroid dienone is 4. The number of nitrogens with one attached hydrogen (secondary N) is 1. The Morgan fingerprint density at radius 2 is 1.92 bits per heavy atom. The highest BCUT2D eigenvalue weighted by Gasteiger charge is 2.17. The Bertz CT molecular complexity index is 487. The Kier molecular flexibility index (Phi) is 14.3. The van der Waals surface area contributed by atoms with Gasteiger partial charge in [0.15, 0.2) is 0 Å². The number of hydrogen-bond acceptors (Lipinski definition) is 3. The Morgan fingerprint density at radius 3 is 2.40 bits per heavy atom. The molecule has 1 saturated carbocycles. The van der Waals surface area contributed by atoms with Crippen molar-refractivity contribution in [1.82, 2.24) is 5.32 Å². The van der Waals surface area contributed by atoms with E-state index in [1.165, 1.54) is 25.7 Å². The van der Waals surface area contributed by atoms with Crippen LogP contribution in [0.2, 0.25) is 0 Å². The lowest BCUT2D eigenvalue weighted by atomic mass is 10.0. The van der Waals surface area contributed by atoms with Crippen LogP contribution in [0, 0.1) is 5.92 Å². The summed E-state index contributed by atoms with van der Waals surface area (Å²) in [5.74, 6) is 0.554. The fraction of sp³-hybridized carbons (Fsp3) is 0.545. The first-order valence-corrected chi connectivity index (χ1v) is 9.51. The summed E-state index contributed by atoms with van der Waals surface area (Å²) in [6.07, 6.45) is 14.2. The standard InChI is InChI=1S/C18H29N3.C4H8/c1-4-14-20-17(5-2)10-11-18(12-13-19)21-15(3)16-8-6-7-9-16;1-3-4-2/h12-13,16,20H,2-4,6-11,14,19H2,1H3;3H,1,4H2,2H3/b13-12-,21-18?;. The fourth-order valence-electron chi connectivity index (χ4n) is 2.59. The van der Waals surface area contributed by atoms with Crippen LogP contribution < -0.4 is 11.1 Å². The first-order chi connectivity index (χ1) is 12.1. The Balaban J connectivity index is 0.00000129. The highest BCUT2D eigenvalue weighted by molar-refractivity contribution is 5.95. The summed E-state index contributed by atoms with van der Waals surface area (Å²) in [6, 6.07) is 0. The van der Waals surface area contributed by atoms with Crippen molar-refractivity contribution in [2.45, 2.75) is 65.2 Å². The third kappa shape index (κ3) is 11.2. The van der Waals surface area contributed by atoms with Crippen molar-refractivity contribution in [3.63, 3.8) is 0 Å². The van der Waals surface area contributed by atoms with Gasteiger partial charge in [0.1, 0.15) is 0 Å². The molecule has 1 rings (SSSR count). The van der Waals surface area contributed by atoms with Crippen LogP contribution in [0.4, 0.5) is 0 Å². The Hall–Kier alpha value is -1.99. The molecule has 0 saturated heterocycles. The quantitative estimate of drug-likeness (QED) is 0.306. The topological polar surface area (TPSA) is 50.4 Å². The van der Waals surface area contributed by atoms with Crippen molar-refractivity contribution in [2.24, 2.45) is 16.6 Å². The van der Waals surface area contributed by atoms with Gasteiger partial charge in [-0.05, 0) is 44.4 Å². The van der Waals surface area contributed by atoms with E-state index in [1.807, 2.05) is 12.2 Å². The van der Waals surface area contributed by atoms with E-state index in [2.05, 4.69) is 44.6 Å². The number of nitrogens with two attached hydrogens (primary N) is 1. The molecule has 1 fully saturated rings. The van der Waals surface area contributed by atoms with E-state index in [0.717, 1.165) is 49.3 Å². The summed E-state index contributed by atoms with van der Waals surface area (Å²) in [5.41, 5.74) is 11.5. The minimum atomic E-state index is 0.554. The molecule has 0 bridgehead atoms. The van der Waals surface area contributed by atoms with Crippen molar-refractivity contribution < 1.29 is 0 Å². The average Bonchev–Trinajstić information content (AvgIpc) is 3.17. The van der Waals surface area contributed by atoms with Crippen LogP contribution in [-0.4, -0.2) is 12.3 Å². The second-order valence-electron chi connectivity index (χ2n) is 6.21. The van der Waals surface area contributed by atoms with Crippen molar-refractivity contribution >= 4 is 5.71 Å². The number of aliphatic imine (C=N–C) groups is 1. The van der Waals surface area contributed by atoms with Crippen molar-refractivity contribution in [2.75, 3.05) is 6.54 Å². The maximum absolute atomic E-state index is 5.54. The lowest BCUT2D eigenvalue weighted by molar-refractivity contribution is 0.637. The third-order valence-corrected chi connectivity index (χ3v) is 4.12. The zero-order valence-corrected chi connectivity index (χ0v) is 16.3. The van der Waals surface area contributed by atoms with E-state index >= 15 is 0 Å². The van der Waals surface area contributed by atoms with Crippen LogP contribution in [0.1, 0.15) is 65.2 Å². The van der Waals surface area contributed by atoms with E-state index in [1.54, 1.807) is 6.20 Å². The van der Waals surface area contributed by atoms with Crippen LogP contribution in [0.3, 0.4) is 0 Å². The summed E-state index contributed by atoms with van der Waals surface area (Å²) in [7, 11) is 0. The number of hydrogen-bond donors (Lipinski definition) is 2. The third-order valence-electron chi connectivity index (χ3n) is 4.12.